The predicted octanol–water partition coefficient (Wildman–Crippen LogP) is 2.90. The molecular formula is C18H19NO5. The number of carbonyl (C=O) groups excluding carboxylic acids is 1. The highest BCUT2D eigenvalue weighted by Gasteiger charge is 2.23. The summed E-state index contributed by atoms with van der Waals surface area (Å²) >= 11 is 0. The molecule has 2 aromatic carbocycles. The lowest BCUT2D eigenvalue weighted by Gasteiger charge is -2.14. The summed E-state index contributed by atoms with van der Waals surface area (Å²) < 4.78 is 10.3. The summed E-state index contributed by atoms with van der Waals surface area (Å²) in [4.78, 5) is 23.7. The highest BCUT2D eigenvalue weighted by molar-refractivity contribution is 5.94. The van der Waals surface area contributed by atoms with Gasteiger partial charge < -0.3 is 19.9 Å². The minimum atomic E-state index is -1.04. The number of carbonyl (C=O) groups is 2. The minimum absolute atomic E-state index is 0.168. The topological polar surface area (TPSA) is 84.9 Å². The number of nitrogens with one attached hydrogen (secondary N) is 1. The maximum Gasteiger partial charge on any atom is 0.311 e. The quantitative estimate of drug-likeness (QED) is 0.816. The summed E-state index contributed by atoms with van der Waals surface area (Å²) in [5, 5.41) is 12.1. The zero-order valence-electron chi connectivity index (χ0n) is 13.5. The number of hydrogen-bond acceptors (Lipinski definition) is 4. The number of ether oxygens (including phenoxy) is 2. The number of aliphatic carboxylic acids is 1. The number of amides is 1. The molecule has 0 saturated heterocycles. The van der Waals surface area contributed by atoms with E-state index in [1.54, 1.807) is 48.5 Å². The van der Waals surface area contributed by atoms with Gasteiger partial charge in [-0.2, -0.15) is 0 Å². The van der Waals surface area contributed by atoms with Crippen LogP contribution in [0.3, 0.4) is 0 Å². The molecule has 0 heterocycles. The molecule has 0 aromatic heterocycles. The molecule has 1 atom stereocenters. The van der Waals surface area contributed by atoms with Gasteiger partial charge in [-0.05, 0) is 5.56 Å². The summed E-state index contributed by atoms with van der Waals surface area (Å²) in [6, 6.07) is 13.6. The molecule has 0 aliphatic rings. The Bertz CT molecular complexity index is 692. The van der Waals surface area contributed by atoms with Crippen molar-refractivity contribution in [2.45, 2.75) is 12.3 Å². The monoisotopic (exact) mass is 329 g/mol. The largest absolute Gasteiger partial charge is 0.497 e. The summed E-state index contributed by atoms with van der Waals surface area (Å²) in [7, 11) is 3.02. The van der Waals surface area contributed by atoms with Crippen LogP contribution in [0.15, 0.2) is 48.5 Å². The Hall–Kier alpha value is -3.02. The Morgan fingerprint density at radius 2 is 1.62 bits per heavy atom. The first-order chi connectivity index (χ1) is 11.5. The second-order valence-electron chi connectivity index (χ2n) is 5.16. The highest BCUT2D eigenvalue weighted by Crippen LogP contribution is 2.27. The molecular weight excluding hydrogens is 310 g/mol. The van der Waals surface area contributed by atoms with Crippen LogP contribution >= 0.6 is 0 Å². The summed E-state index contributed by atoms with van der Waals surface area (Å²) in [5.41, 5.74) is 1.07. The van der Waals surface area contributed by atoms with E-state index in [1.807, 2.05) is 0 Å². The van der Waals surface area contributed by atoms with E-state index >= 15 is 0 Å². The fraction of sp³-hybridized carbons (Fsp3) is 0.222. The number of anilines is 1. The number of methoxy groups -OCH3 is 2. The van der Waals surface area contributed by atoms with Gasteiger partial charge in [0.05, 0.1) is 20.1 Å². The second-order valence-corrected chi connectivity index (χ2v) is 5.16. The minimum Gasteiger partial charge on any atom is -0.497 e. The number of rotatable bonds is 7. The van der Waals surface area contributed by atoms with E-state index in [4.69, 9.17) is 9.47 Å². The lowest BCUT2D eigenvalue weighted by molar-refractivity contribution is -0.140. The molecule has 2 rings (SSSR count). The number of benzene rings is 2. The molecule has 0 aliphatic carbocycles. The predicted molar refractivity (Wildman–Crippen MR) is 89.6 cm³/mol. The molecule has 2 aromatic rings. The van der Waals surface area contributed by atoms with Crippen molar-refractivity contribution in [2.24, 2.45) is 0 Å². The lowest BCUT2D eigenvalue weighted by atomic mass is 9.95. The van der Waals surface area contributed by atoms with Crippen LogP contribution in [0, 0.1) is 0 Å². The molecule has 0 fully saturated rings. The molecule has 0 bridgehead atoms. The maximum atomic E-state index is 12.2. The standard InChI is InChI=1S/C18H19NO5/c1-23-14-8-13(9-15(10-14)24-2)19-17(20)11-16(18(21)22)12-6-4-3-5-7-12/h3-10,16H,11H2,1-2H3,(H,19,20)(H,21,22). The Morgan fingerprint density at radius 1 is 1.04 bits per heavy atom. The second kappa shape index (κ2) is 8.01. The van der Waals surface area contributed by atoms with Gasteiger partial charge in [0.1, 0.15) is 11.5 Å². The van der Waals surface area contributed by atoms with Gasteiger partial charge in [0.2, 0.25) is 5.91 Å². The van der Waals surface area contributed by atoms with Crippen LogP contribution < -0.4 is 14.8 Å². The van der Waals surface area contributed by atoms with Gasteiger partial charge in [-0.3, -0.25) is 9.59 Å². The number of hydrogen-bond donors (Lipinski definition) is 2. The highest BCUT2D eigenvalue weighted by atomic mass is 16.5. The fourth-order valence-corrected chi connectivity index (χ4v) is 2.31. The van der Waals surface area contributed by atoms with Gasteiger partial charge in [0, 0.05) is 30.3 Å². The first-order valence-electron chi connectivity index (χ1n) is 7.34. The van der Waals surface area contributed by atoms with Crippen molar-refractivity contribution in [3.05, 3.63) is 54.1 Å². The van der Waals surface area contributed by atoms with Gasteiger partial charge in [0.25, 0.3) is 0 Å². The molecule has 0 saturated carbocycles. The SMILES string of the molecule is COc1cc(NC(=O)CC(C(=O)O)c2ccccc2)cc(OC)c1. The molecule has 2 N–H and O–H groups in total. The first-order valence-corrected chi connectivity index (χ1v) is 7.34. The molecule has 0 radical (unpaired) electrons. The van der Waals surface area contributed by atoms with Crippen LogP contribution in [0.2, 0.25) is 0 Å². The molecule has 126 valence electrons. The van der Waals surface area contributed by atoms with Gasteiger partial charge >= 0.3 is 5.97 Å². The number of carboxylic acid groups (broad SMARTS) is 1. The zero-order valence-corrected chi connectivity index (χ0v) is 13.5. The van der Waals surface area contributed by atoms with Gasteiger partial charge in [-0.1, -0.05) is 30.3 Å². The van der Waals surface area contributed by atoms with Crippen LogP contribution in [0.5, 0.6) is 11.5 Å². The van der Waals surface area contributed by atoms with Crippen LogP contribution in [-0.2, 0) is 9.59 Å². The third kappa shape index (κ3) is 4.49. The van der Waals surface area contributed by atoms with E-state index in [0.717, 1.165) is 0 Å². The zero-order chi connectivity index (χ0) is 17.5. The summed E-state index contributed by atoms with van der Waals surface area (Å²) in [6.07, 6.45) is -0.168. The smallest absolute Gasteiger partial charge is 0.311 e. The van der Waals surface area contributed by atoms with E-state index < -0.39 is 17.8 Å². The van der Waals surface area contributed by atoms with Crippen LogP contribution in [-0.4, -0.2) is 31.2 Å². The summed E-state index contributed by atoms with van der Waals surface area (Å²) in [6.45, 7) is 0. The maximum absolute atomic E-state index is 12.2. The van der Waals surface area contributed by atoms with E-state index in [9.17, 15) is 14.7 Å². The van der Waals surface area contributed by atoms with Crippen molar-refractivity contribution in [1.29, 1.82) is 0 Å². The molecule has 0 aliphatic heterocycles. The van der Waals surface area contributed by atoms with Crippen molar-refractivity contribution >= 4 is 17.6 Å². The molecule has 6 heteroatoms. The summed E-state index contributed by atoms with van der Waals surface area (Å²) in [5.74, 6) is -1.29. The van der Waals surface area contributed by atoms with E-state index in [2.05, 4.69) is 5.32 Å². The van der Waals surface area contributed by atoms with E-state index in [1.165, 1.54) is 14.2 Å². The molecule has 1 unspecified atom stereocenters. The van der Waals surface area contributed by atoms with Crippen LogP contribution in [0.4, 0.5) is 5.69 Å². The van der Waals surface area contributed by atoms with Gasteiger partial charge in [-0.25, -0.2) is 0 Å². The van der Waals surface area contributed by atoms with E-state index in [0.29, 0.717) is 22.7 Å². The fourth-order valence-electron chi connectivity index (χ4n) is 2.31. The van der Waals surface area contributed by atoms with Crippen LogP contribution in [0.25, 0.3) is 0 Å². The van der Waals surface area contributed by atoms with Crippen LogP contribution in [0.1, 0.15) is 17.9 Å². The molecule has 0 spiro atoms. The Labute approximate surface area is 140 Å². The normalized spacial score (nSPS) is 11.4. The Morgan fingerprint density at radius 3 is 2.12 bits per heavy atom. The lowest BCUT2D eigenvalue weighted by Crippen LogP contribution is -2.20. The van der Waals surface area contributed by atoms with E-state index in [-0.39, 0.29) is 6.42 Å². The third-order valence-electron chi connectivity index (χ3n) is 3.52. The van der Waals surface area contributed by atoms with Gasteiger partial charge in [0.15, 0.2) is 0 Å². The average molecular weight is 329 g/mol. The van der Waals surface area contributed by atoms with Crippen molar-refractivity contribution in [1.82, 2.24) is 0 Å². The molecule has 24 heavy (non-hydrogen) atoms. The Balaban J connectivity index is 2.13. The third-order valence-corrected chi connectivity index (χ3v) is 3.52. The van der Waals surface area contributed by atoms with Crippen molar-refractivity contribution in [2.75, 3.05) is 19.5 Å². The molecule has 6 nitrogen and oxygen atoms in total. The number of carboxylic acids is 1. The average Bonchev–Trinajstić information content (AvgIpc) is 2.59. The van der Waals surface area contributed by atoms with Gasteiger partial charge in [-0.15, -0.1) is 0 Å². The van der Waals surface area contributed by atoms with Crippen molar-refractivity contribution in [3.63, 3.8) is 0 Å². The molecule has 1 amide bonds. The van der Waals surface area contributed by atoms with Crippen molar-refractivity contribution in [3.8, 4) is 11.5 Å². The first kappa shape index (κ1) is 17.3. The van der Waals surface area contributed by atoms with Crippen molar-refractivity contribution < 1.29 is 24.2 Å². The Kier molecular flexibility index (Phi) is 5.78.